The van der Waals surface area contributed by atoms with Crippen LogP contribution in [0.15, 0.2) is 206 Å². The van der Waals surface area contributed by atoms with E-state index in [0.29, 0.717) is 0 Å². The normalized spacial score (nSPS) is 10.9. The zero-order chi connectivity index (χ0) is 32.1. The van der Waals surface area contributed by atoms with E-state index in [9.17, 15) is 0 Å². The van der Waals surface area contributed by atoms with Crippen LogP contribution >= 0.6 is 0 Å². The summed E-state index contributed by atoms with van der Waals surface area (Å²) in [5, 5.41) is 0. The van der Waals surface area contributed by atoms with Crippen molar-refractivity contribution >= 4 is 0 Å². The monoisotopic (exact) mass is 610 g/mol. The lowest BCUT2D eigenvalue weighted by Crippen LogP contribution is -1.86. The molecule has 0 nitrogen and oxygen atoms in total. The summed E-state index contributed by atoms with van der Waals surface area (Å²) in [7, 11) is 0. The quantitative estimate of drug-likeness (QED) is 0.168. The van der Waals surface area contributed by atoms with Crippen molar-refractivity contribution in [3.05, 3.63) is 206 Å². The minimum atomic E-state index is 1.21. The van der Waals surface area contributed by atoms with E-state index in [4.69, 9.17) is 0 Å². The lowest BCUT2D eigenvalue weighted by Gasteiger charge is -2.11. The van der Waals surface area contributed by atoms with Gasteiger partial charge in [0.1, 0.15) is 0 Å². The fraction of sp³-hybridized carbons (Fsp3) is 0. The van der Waals surface area contributed by atoms with Crippen LogP contribution in [-0.2, 0) is 0 Å². The fourth-order valence-corrected chi connectivity index (χ4v) is 6.53. The van der Waals surface area contributed by atoms with E-state index in [1.165, 1.54) is 77.9 Å². The predicted octanol–water partition coefficient (Wildman–Crippen LogP) is 13.4. The molecule has 0 saturated heterocycles. The number of benzene rings is 8. The molecule has 0 atom stereocenters. The van der Waals surface area contributed by atoms with Gasteiger partial charge in [-0.1, -0.05) is 170 Å². The zero-order valence-electron chi connectivity index (χ0n) is 26.6. The van der Waals surface area contributed by atoms with Gasteiger partial charge in [0.05, 0.1) is 0 Å². The fourth-order valence-electron chi connectivity index (χ4n) is 6.53. The van der Waals surface area contributed by atoms with Crippen LogP contribution in [0.4, 0.5) is 0 Å². The van der Waals surface area contributed by atoms with E-state index in [0.717, 1.165) is 0 Å². The summed E-state index contributed by atoms with van der Waals surface area (Å²) in [4.78, 5) is 0. The second-order valence-corrected chi connectivity index (χ2v) is 12.2. The number of hydrogen-bond donors (Lipinski definition) is 0. The Bertz CT molecular complexity index is 2160. The van der Waals surface area contributed by atoms with Crippen LogP contribution in [0, 0.1) is 0 Å². The molecule has 0 N–H and O–H groups in total. The molecule has 0 aliphatic carbocycles. The Morgan fingerprint density at radius 3 is 0.458 bits per heavy atom. The average molecular weight is 611 g/mol. The van der Waals surface area contributed by atoms with E-state index < -0.39 is 0 Å². The second-order valence-electron chi connectivity index (χ2n) is 12.2. The summed E-state index contributed by atoms with van der Waals surface area (Å²) in [6.07, 6.45) is 0. The molecule has 0 amide bonds. The van der Waals surface area contributed by atoms with Gasteiger partial charge in [-0.15, -0.1) is 0 Å². The van der Waals surface area contributed by atoms with Crippen molar-refractivity contribution in [2.24, 2.45) is 0 Å². The highest BCUT2D eigenvalue weighted by atomic mass is 14.1. The maximum absolute atomic E-state index is 2.31. The van der Waals surface area contributed by atoms with Crippen molar-refractivity contribution < 1.29 is 0 Å². The summed E-state index contributed by atoms with van der Waals surface area (Å²) in [6, 6.07) is 74.3. The van der Waals surface area contributed by atoms with Crippen molar-refractivity contribution in [1.82, 2.24) is 0 Å². The molecule has 0 aromatic heterocycles. The molecule has 0 bridgehead atoms. The highest BCUT2D eigenvalue weighted by molar-refractivity contribution is 5.82. The Morgan fingerprint density at radius 2 is 0.271 bits per heavy atom. The Kier molecular flexibility index (Phi) is 8.05. The van der Waals surface area contributed by atoms with Crippen molar-refractivity contribution in [3.8, 4) is 77.9 Å². The minimum absolute atomic E-state index is 1.21. The third-order valence-corrected chi connectivity index (χ3v) is 9.06. The van der Waals surface area contributed by atoms with Gasteiger partial charge < -0.3 is 0 Å². The molecule has 0 heterocycles. The van der Waals surface area contributed by atoms with Gasteiger partial charge in [0.2, 0.25) is 0 Å². The Morgan fingerprint density at radius 1 is 0.125 bits per heavy atom. The van der Waals surface area contributed by atoms with Crippen LogP contribution < -0.4 is 0 Å². The highest BCUT2D eigenvalue weighted by Gasteiger charge is 2.09. The largest absolute Gasteiger partial charge is 0.0622 e. The molecule has 226 valence electrons. The van der Waals surface area contributed by atoms with E-state index in [1.54, 1.807) is 0 Å². The van der Waals surface area contributed by atoms with Crippen LogP contribution in [0.25, 0.3) is 77.9 Å². The standard InChI is InChI=1S/C48H34/c1-3-13-35(14-4-1)37-17-7-19-39(29-37)41-21-9-23-43(31-41)45-25-11-27-47(33-45)48-28-12-26-46(34-48)44-24-10-22-42(32-44)40-20-8-18-38(30-40)36-15-5-2-6-16-36/h1-34H. The first-order valence-electron chi connectivity index (χ1n) is 16.5. The van der Waals surface area contributed by atoms with E-state index in [1.807, 2.05) is 0 Å². The van der Waals surface area contributed by atoms with E-state index in [2.05, 4.69) is 206 Å². The van der Waals surface area contributed by atoms with Gasteiger partial charge in [0.15, 0.2) is 0 Å². The van der Waals surface area contributed by atoms with E-state index in [-0.39, 0.29) is 0 Å². The van der Waals surface area contributed by atoms with Gasteiger partial charge in [0, 0.05) is 0 Å². The summed E-state index contributed by atoms with van der Waals surface area (Å²) in [5.74, 6) is 0. The maximum Gasteiger partial charge on any atom is -0.0178 e. The molecule has 0 fully saturated rings. The van der Waals surface area contributed by atoms with Crippen LogP contribution in [0.3, 0.4) is 0 Å². The second kappa shape index (κ2) is 13.2. The Balaban J connectivity index is 1.08. The van der Waals surface area contributed by atoms with Crippen molar-refractivity contribution in [3.63, 3.8) is 0 Å². The van der Waals surface area contributed by atoms with E-state index >= 15 is 0 Å². The first-order chi connectivity index (χ1) is 23.8. The van der Waals surface area contributed by atoms with Gasteiger partial charge in [0.25, 0.3) is 0 Å². The van der Waals surface area contributed by atoms with Crippen LogP contribution in [0.5, 0.6) is 0 Å². The molecular weight excluding hydrogens is 577 g/mol. The number of hydrogen-bond acceptors (Lipinski definition) is 0. The summed E-state index contributed by atoms with van der Waals surface area (Å²) in [5.41, 5.74) is 17.0. The predicted molar refractivity (Wildman–Crippen MR) is 204 cm³/mol. The van der Waals surface area contributed by atoms with Gasteiger partial charge >= 0.3 is 0 Å². The van der Waals surface area contributed by atoms with Gasteiger partial charge in [-0.2, -0.15) is 0 Å². The molecule has 0 heteroatoms. The lowest BCUT2D eigenvalue weighted by atomic mass is 9.93. The van der Waals surface area contributed by atoms with Crippen LogP contribution in [-0.4, -0.2) is 0 Å². The smallest absolute Gasteiger partial charge is 0.0178 e. The van der Waals surface area contributed by atoms with Crippen LogP contribution in [0.2, 0.25) is 0 Å². The third kappa shape index (κ3) is 6.25. The summed E-state index contributed by atoms with van der Waals surface area (Å²) >= 11 is 0. The van der Waals surface area contributed by atoms with Crippen molar-refractivity contribution in [2.75, 3.05) is 0 Å². The summed E-state index contributed by atoms with van der Waals surface area (Å²) < 4.78 is 0. The SMILES string of the molecule is c1ccc(-c2cccc(-c3cccc(-c4cccc(-c5cccc(-c6cccc(-c7cccc(-c8ccccc8)c7)c6)c5)c4)c3)c2)cc1. The molecule has 0 aliphatic heterocycles. The Labute approximate surface area is 283 Å². The molecule has 0 spiro atoms. The van der Waals surface area contributed by atoms with Crippen LogP contribution in [0.1, 0.15) is 0 Å². The molecule has 0 aliphatic rings. The maximum atomic E-state index is 2.31. The zero-order valence-corrected chi connectivity index (χ0v) is 26.6. The molecule has 0 radical (unpaired) electrons. The molecule has 8 aromatic carbocycles. The van der Waals surface area contributed by atoms with Gasteiger partial charge in [-0.25, -0.2) is 0 Å². The number of rotatable bonds is 7. The minimum Gasteiger partial charge on any atom is -0.0622 e. The molecule has 48 heavy (non-hydrogen) atoms. The highest BCUT2D eigenvalue weighted by Crippen LogP contribution is 2.34. The molecule has 0 saturated carbocycles. The first-order valence-corrected chi connectivity index (χ1v) is 16.5. The molecular formula is C48H34. The first kappa shape index (κ1) is 29.2. The van der Waals surface area contributed by atoms with Crippen molar-refractivity contribution in [2.45, 2.75) is 0 Å². The topological polar surface area (TPSA) is 0 Å². The molecule has 8 aromatic rings. The molecule has 0 unspecified atom stereocenters. The van der Waals surface area contributed by atoms with Crippen molar-refractivity contribution in [1.29, 1.82) is 0 Å². The van der Waals surface area contributed by atoms with Gasteiger partial charge in [-0.3, -0.25) is 0 Å². The van der Waals surface area contributed by atoms with Gasteiger partial charge in [-0.05, 0) is 114 Å². The third-order valence-electron chi connectivity index (χ3n) is 9.06. The Hall–Kier alpha value is -6.24. The average Bonchev–Trinajstić information content (AvgIpc) is 3.19. The summed E-state index contributed by atoms with van der Waals surface area (Å²) in [6.45, 7) is 0. The lowest BCUT2D eigenvalue weighted by molar-refractivity contribution is 1.55. The molecule has 8 rings (SSSR count).